The lowest BCUT2D eigenvalue weighted by Crippen LogP contribution is -2.34. The van der Waals surface area contributed by atoms with Gasteiger partial charge in [0.1, 0.15) is 0 Å². The number of nitrogens with one attached hydrogen (secondary N) is 1. The molecule has 0 spiro atoms. The summed E-state index contributed by atoms with van der Waals surface area (Å²) < 4.78 is 28.1. The van der Waals surface area contributed by atoms with Crippen LogP contribution in [0.25, 0.3) is 0 Å². The summed E-state index contributed by atoms with van der Waals surface area (Å²) >= 11 is 1.64. The van der Waals surface area contributed by atoms with Crippen molar-refractivity contribution in [2.75, 3.05) is 23.7 Å². The predicted molar refractivity (Wildman–Crippen MR) is 105 cm³/mol. The Morgan fingerprint density at radius 3 is 2.65 bits per heavy atom. The number of fused-ring (bicyclic) bond motifs is 1. The third-order valence-electron chi connectivity index (χ3n) is 4.43. The summed E-state index contributed by atoms with van der Waals surface area (Å²) in [4.78, 5) is 14.6. The molecule has 0 fully saturated rings. The van der Waals surface area contributed by atoms with E-state index in [1.807, 2.05) is 37.3 Å². The average Bonchev–Trinajstić information content (AvgIpc) is 2.65. The average molecular weight is 391 g/mol. The van der Waals surface area contributed by atoms with E-state index in [4.69, 9.17) is 0 Å². The normalized spacial score (nSPS) is 15.4. The highest BCUT2D eigenvalue weighted by molar-refractivity contribution is 7.99. The van der Waals surface area contributed by atoms with E-state index in [2.05, 4.69) is 4.72 Å². The van der Waals surface area contributed by atoms with Gasteiger partial charge in [0.25, 0.3) is 0 Å². The van der Waals surface area contributed by atoms with Crippen LogP contribution in [0.15, 0.2) is 58.3 Å². The van der Waals surface area contributed by atoms with Gasteiger partial charge in [-0.15, -0.1) is 11.8 Å². The lowest BCUT2D eigenvalue weighted by Gasteiger charge is -2.28. The Labute approximate surface area is 158 Å². The minimum Gasteiger partial charge on any atom is -0.311 e. The van der Waals surface area contributed by atoms with Crippen LogP contribution in [0.2, 0.25) is 0 Å². The molecule has 0 aromatic heterocycles. The quantitative estimate of drug-likeness (QED) is 0.851. The Bertz CT molecular complexity index is 898. The molecule has 1 N–H and O–H groups in total. The molecule has 7 heteroatoms. The van der Waals surface area contributed by atoms with Crippen LogP contribution in [0, 0.1) is 0 Å². The van der Waals surface area contributed by atoms with E-state index in [-0.39, 0.29) is 16.7 Å². The van der Waals surface area contributed by atoms with Crippen LogP contribution in [0.5, 0.6) is 0 Å². The van der Waals surface area contributed by atoms with E-state index in [1.54, 1.807) is 34.9 Å². The van der Waals surface area contributed by atoms with Crippen molar-refractivity contribution in [2.24, 2.45) is 0 Å². The highest BCUT2D eigenvalue weighted by atomic mass is 32.2. The summed E-state index contributed by atoms with van der Waals surface area (Å²) in [5, 5.41) is 0. The third kappa shape index (κ3) is 4.11. The van der Waals surface area contributed by atoms with Crippen LogP contribution < -0.4 is 9.62 Å². The minimum absolute atomic E-state index is 0.0628. The number of sulfonamides is 1. The molecule has 26 heavy (non-hydrogen) atoms. The van der Waals surface area contributed by atoms with Crippen molar-refractivity contribution in [3.05, 3.63) is 54.1 Å². The maximum absolute atomic E-state index is 12.7. The fourth-order valence-electron chi connectivity index (χ4n) is 2.91. The topological polar surface area (TPSA) is 66.5 Å². The fraction of sp³-hybridized carbons (Fsp3) is 0.316. The lowest BCUT2D eigenvalue weighted by molar-refractivity contribution is -0.116. The van der Waals surface area contributed by atoms with E-state index < -0.39 is 10.0 Å². The molecule has 2 aromatic rings. The van der Waals surface area contributed by atoms with Crippen LogP contribution in [0.4, 0.5) is 5.69 Å². The first kappa shape index (κ1) is 18.9. The number of carbonyl (C=O) groups excluding carboxylic acids is 1. The number of amides is 1. The maximum atomic E-state index is 12.7. The van der Waals surface area contributed by atoms with Crippen molar-refractivity contribution in [1.82, 2.24) is 4.72 Å². The van der Waals surface area contributed by atoms with Crippen molar-refractivity contribution in [3.63, 3.8) is 0 Å². The molecule has 2 aromatic carbocycles. The van der Waals surface area contributed by atoms with Gasteiger partial charge in [-0.2, -0.15) is 0 Å². The van der Waals surface area contributed by atoms with Gasteiger partial charge in [-0.25, -0.2) is 13.1 Å². The number of anilines is 1. The number of benzene rings is 2. The molecule has 1 aliphatic rings. The van der Waals surface area contributed by atoms with E-state index in [0.29, 0.717) is 18.8 Å². The third-order valence-corrected chi connectivity index (χ3v) is 6.90. The lowest BCUT2D eigenvalue weighted by atomic mass is 10.0. The highest BCUT2D eigenvalue weighted by Crippen LogP contribution is 2.36. The number of rotatable bonds is 5. The Hall–Kier alpha value is -1.83. The number of carbonyl (C=O) groups is 1. The molecule has 0 saturated heterocycles. The van der Waals surface area contributed by atoms with Crippen LogP contribution in [-0.4, -0.2) is 33.2 Å². The fourth-order valence-corrected chi connectivity index (χ4v) is 5.03. The molecule has 0 bridgehead atoms. The van der Waals surface area contributed by atoms with Crippen molar-refractivity contribution < 1.29 is 13.2 Å². The van der Waals surface area contributed by atoms with Gasteiger partial charge in [-0.3, -0.25) is 4.79 Å². The zero-order valence-electron chi connectivity index (χ0n) is 14.8. The first-order valence-electron chi connectivity index (χ1n) is 8.48. The summed E-state index contributed by atoms with van der Waals surface area (Å²) in [6, 6.07) is 14.8. The number of hydrogen-bond donors (Lipinski definition) is 1. The Balaban J connectivity index is 1.79. The largest absolute Gasteiger partial charge is 0.311 e. The van der Waals surface area contributed by atoms with Gasteiger partial charge in [-0.05, 0) is 29.7 Å². The second-order valence-corrected chi connectivity index (χ2v) is 9.22. The molecule has 3 rings (SSSR count). The molecule has 0 unspecified atom stereocenters. The molecule has 5 nitrogen and oxygen atoms in total. The van der Waals surface area contributed by atoms with Gasteiger partial charge in [0.15, 0.2) is 0 Å². The van der Waals surface area contributed by atoms with E-state index in [0.717, 1.165) is 16.2 Å². The van der Waals surface area contributed by atoms with Gasteiger partial charge in [0.05, 0.1) is 10.6 Å². The summed E-state index contributed by atoms with van der Waals surface area (Å²) in [7, 11) is -3.64. The molecule has 0 saturated carbocycles. The van der Waals surface area contributed by atoms with Crippen LogP contribution >= 0.6 is 11.8 Å². The Morgan fingerprint density at radius 1 is 1.23 bits per heavy atom. The molecule has 1 amide bonds. The van der Waals surface area contributed by atoms with E-state index in [1.165, 1.54) is 6.92 Å². The van der Waals surface area contributed by atoms with Gasteiger partial charge in [0.2, 0.25) is 15.9 Å². The minimum atomic E-state index is -3.64. The van der Waals surface area contributed by atoms with Crippen LogP contribution in [-0.2, 0) is 14.8 Å². The standard InChI is InChI=1S/C19H22N2O3S2/c1-14(16-6-4-3-5-7-16)13-20-26(23,24)17-8-9-19-18(12-17)21(15(2)22)10-11-25-19/h3-9,12,14,20H,10-11,13H2,1-2H3/t14-/m1/s1. The summed E-state index contributed by atoms with van der Waals surface area (Å²) in [6.45, 7) is 4.39. The van der Waals surface area contributed by atoms with Gasteiger partial charge < -0.3 is 4.90 Å². The molecule has 0 aliphatic carbocycles. The summed E-state index contributed by atoms with van der Waals surface area (Å²) in [6.07, 6.45) is 0. The van der Waals surface area contributed by atoms with Gasteiger partial charge in [-0.1, -0.05) is 37.3 Å². The van der Waals surface area contributed by atoms with Crippen LogP contribution in [0.3, 0.4) is 0 Å². The smallest absolute Gasteiger partial charge is 0.240 e. The van der Waals surface area contributed by atoms with Gasteiger partial charge >= 0.3 is 0 Å². The van der Waals surface area contributed by atoms with Crippen molar-refractivity contribution in [3.8, 4) is 0 Å². The SMILES string of the molecule is CC(=O)N1CCSc2ccc(S(=O)(=O)NC[C@@H](C)c3ccccc3)cc21. The zero-order chi connectivity index (χ0) is 18.7. The predicted octanol–water partition coefficient (Wildman–Crippen LogP) is 3.23. The summed E-state index contributed by atoms with van der Waals surface area (Å²) in [5.41, 5.74) is 1.76. The van der Waals surface area contributed by atoms with Crippen molar-refractivity contribution in [1.29, 1.82) is 0 Å². The number of nitrogens with zero attached hydrogens (tertiary/aromatic N) is 1. The number of hydrogen-bond acceptors (Lipinski definition) is 4. The van der Waals surface area contributed by atoms with Gasteiger partial charge in [0, 0.05) is 30.7 Å². The first-order valence-corrected chi connectivity index (χ1v) is 10.9. The van der Waals surface area contributed by atoms with E-state index in [9.17, 15) is 13.2 Å². The molecule has 1 heterocycles. The van der Waals surface area contributed by atoms with E-state index >= 15 is 0 Å². The van der Waals surface area contributed by atoms with Crippen molar-refractivity contribution >= 4 is 33.4 Å². The second-order valence-electron chi connectivity index (χ2n) is 6.31. The highest BCUT2D eigenvalue weighted by Gasteiger charge is 2.24. The monoisotopic (exact) mass is 390 g/mol. The molecule has 1 atom stereocenters. The summed E-state index contributed by atoms with van der Waals surface area (Å²) in [5.74, 6) is 0.797. The molecular formula is C19H22N2O3S2. The Kier molecular flexibility index (Phi) is 5.70. The van der Waals surface area contributed by atoms with Crippen molar-refractivity contribution in [2.45, 2.75) is 29.6 Å². The first-order chi connectivity index (χ1) is 12.4. The molecule has 138 valence electrons. The Morgan fingerprint density at radius 2 is 1.96 bits per heavy atom. The van der Waals surface area contributed by atoms with Crippen LogP contribution in [0.1, 0.15) is 25.3 Å². The second kappa shape index (κ2) is 7.82. The zero-order valence-corrected chi connectivity index (χ0v) is 16.4. The molecule has 0 radical (unpaired) electrons. The number of thioether (sulfide) groups is 1. The molecular weight excluding hydrogens is 368 g/mol. The molecule has 1 aliphatic heterocycles. The maximum Gasteiger partial charge on any atom is 0.240 e.